The monoisotopic (exact) mass is 400 g/mol. The number of alkyl halides is 2. The van der Waals surface area contributed by atoms with Crippen LogP contribution < -0.4 is 11.1 Å². The Kier molecular flexibility index (Phi) is 5.37. The van der Waals surface area contributed by atoms with Crippen LogP contribution in [0.15, 0.2) is 53.2 Å². The predicted octanol–water partition coefficient (Wildman–Crippen LogP) is 4.43. The molecule has 0 aliphatic heterocycles. The molecule has 6 nitrogen and oxygen atoms in total. The summed E-state index contributed by atoms with van der Waals surface area (Å²) in [5.74, 6) is -2.78. The van der Waals surface area contributed by atoms with E-state index in [9.17, 15) is 13.6 Å². The van der Waals surface area contributed by atoms with E-state index in [1.165, 1.54) is 19.9 Å². The molecule has 0 saturated carbocycles. The van der Waals surface area contributed by atoms with Crippen LogP contribution >= 0.6 is 0 Å². The number of benzene rings is 1. The number of nitrogen functional groups attached to an aromatic ring is 1. The summed E-state index contributed by atoms with van der Waals surface area (Å²) in [6, 6.07) is 12.4. The fourth-order valence-corrected chi connectivity index (χ4v) is 2.61. The lowest BCUT2D eigenvalue weighted by atomic mass is 9.84. The molecule has 0 bridgehead atoms. The van der Waals surface area contributed by atoms with Crippen molar-refractivity contribution in [3.63, 3.8) is 0 Å². The normalized spacial score (nSPS) is 12.0. The van der Waals surface area contributed by atoms with Gasteiger partial charge in [-0.15, -0.1) is 0 Å². The summed E-state index contributed by atoms with van der Waals surface area (Å²) in [7, 11) is 0. The summed E-state index contributed by atoms with van der Waals surface area (Å²) in [6.07, 6.45) is 1.79. The second kappa shape index (κ2) is 7.62. The first kappa shape index (κ1) is 20.4. The van der Waals surface area contributed by atoms with E-state index in [0.717, 1.165) is 23.6 Å². The average molecular weight is 400 g/mol. The predicted molar refractivity (Wildman–Crippen MR) is 107 cm³/mol. The Hall–Kier alpha value is -3.29. The fraction of sp³-hybridized carbons (Fsp3) is 0.286. The van der Waals surface area contributed by atoms with E-state index in [-0.39, 0.29) is 23.9 Å². The number of hydrogen-bond acceptors (Lipinski definition) is 5. The van der Waals surface area contributed by atoms with Crippen molar-refractivity contribution >= 4 is 17.5 Å². The molecule has 0 aliphatic rings. The molecule has 0 atom stereocenters. The number of nitrogens with two attached hydrogens (primary N) is 1. The number of pyridine rings is 1. The Bertz CT molecular complexity index is 991. The van der Waals surface area contributed by atoms with Gasteiger partial charge in [0.2, 0.25) is 5.91 Å². The summed E-state index contributed by atoms with van der Waals surface area (Å²) < 4.78 is 32.5. The number of nitrogens with zero attached hydrogens (tertiary/aromatic N) is 2. The highest BCUT2D eigenvalue weighted by Crippen LogP contribution is 2.39. The Morgan fingerprint density at radius 2 is 1.76 bits per heavy atom. The second-order valence-corrected chi connectivity index (χ2v) is 7.48. The maximum absolute atomic E-state index is 13.7. The van der Waals surface area contributed by atoms with Gasteiger partial charge in [0, 0.05) is 24.8 Å². The quantitative estimate of drug-likeness (QED) is 0.638. The minimum atomic E-state index is -3.00. The second-order valence-electron chi connectivity index (χ2n) is 7.48. The van der Waals surface area contributed by atoms with Gasteiger partial charge in [0.25, 0.3) is 5.92 Å². The summed E-state index contributed by atoms with van der Waals surface area (Å²) in [4.78, 5) is 16.3. The van der Waals surface area contributed by atoms with E-state index >= 15 is 0 Å². The first-order chi connectivity index (χ1) is 13.6. The smallest absolute Gasteiger partial charge is 0.257 e. The summed E-state index contributed by atoms with van der Waals surface area (Å²) in [6.45, 7) is 3.53. The Labute approximate surface area is 167 Å². The standard InChI is InChI=1S/C21H22F2N4O2/c1-20(2,21(3,22)23)16-11-18(27-29-16)26-19(28)10-13-4-6-14(7-5-13)15-8-9-17(24)25-12-15/h4-9,11-12H,10H2,1-3H3,(H2,24,25)(H,26,27,28). The molecule has 3 aromatic rings. The zero-order valence-corrected chi connectivity index (χ0v) is 16.4. The van der Waals surface area contributed by atoms with Crippen molar-refractivity contribution < 1.29 is 18.1 Å². The van der Waals surface area contributed by atoms with Crippen LogP contribution in [0.5, 0.6) is 0 Å². The van der Waals surface area contributed by atoms with Gasteiger partial charge in [-0.1, -0.05) is 29.4 Å². The minimum absolute atomic E-state index is 0.00163. The minimum Gasteiger partial charge on any atom is -0.384 e. The molecule has 0 spiro atoms. The molecule has 0 radical (unpaired) electrons. The van der Waals surface area contributed by atoms with Crippen molar-refractivity contribution in [3.8, 4) is 11.1 Å². The van der Waals surface area contributed by atoms with Crippen molar-refractivity contribution in [3.05, 3.63) is 60.0 Å². The maximum atomic E-state index is 13.7. The number of aromatic nitrogens is 2. The average Bonchev–Trinajstić information content (AvgIpc) is 3.11. The molecular formula is C21H22F2N4O2. The van der Waals surface area contributed by atoms with E-state index in [1.54, 1.807) is 12.3 Å². The molecule has 29 heavy (non-hydrogen) atoms. The molecule has 2 heterocycles. The number of carbonyl (C=O) groups excluding carboxylic acids is 1. The van der Waals surface area contributed by atoms with Crippen LogP contribution in [-0.4, -0.2) is 22.0 Å². The molecule has 0 aliphatic carbocycles. The first-order valence-electron chi connectivity index (χ1n) is 9.02. The van der Waals surface area contributed by atoms with Crippen molar-refractivity contribution in [2.75, 3.05) is 11.1 Å². The number of amides is 1. The van der Waals surface area contributed by atoms with Gasteiger partial charge in [-0.2, -0.15) is 0 Å². The lowest BCUT2D eigenvalue weighted by molar-refractivity contribution is -0.115. The van der Waals surface area contributed by atoms with E-state index in [4.69, 9.17) is 10.3 Å². The highest BCUT2D eigenvalue weighted by atomic mass is 19.3. The van der Waals surface area contributed by atoms with Gasteiger partial charge in [0.05, 0.1) is 11.8 Å². The van der Waals surface area contributed by atoms with Crippen LogP contribution in [-0.2, 0) is 16.6 Å². The summed E-state index contributed by atoms with van der Waals surface area (Å²) in [5, 5.41) is 6.26. The molecule has 0 saturated heterocycles. The molecule has 152 valence electrons. The lowest BCUT2D eigenvalue weighted by Crippen LogP contribution is -2.37. The molecule has 8 heteroatoms. The molecule has 0 unspecified atom stereocenters. The number of carbonyl (C=O) groups is 1. The van der Waals surface area contributed by atoms with Crippen LogP contribution in [0.2, 0.25) is 0 Å². The van der Waals surface area contributed by atoms with E-state index in [1.807, 2.05) is 30.3 Å². The third kappa shape index (κ3) is 4.59. The van der Waals surface area contributed by atoms with Crippen LogP contribution in [0.3, 0.4) is 0 Å². The Morgan fingerprint density at radius 3 is 2.34 bits per heavy atom. The van der Waals surface area contributed by atoms with Gasteiger partial charge in [0.1, 0.15) is 5.82 Å². The zero-order valence-electron chi connectivity index (χ0n) is 16.4. The van der Waals surface area contributed by atoms with E-state index in [2.05, 4.69) is 15.5 Å². The molecule has 0 fully saturated rings. The highest BCUT2D eigenvalue weighted by Gasteiger charge is 2.46. The number of anilines is 2. The summed E-state index contributed by atoms with van der Waals surface area (Å²) in [5.41, 5.74) is 6.70. The molecule has 2 aromatic heterocycles. The fourth-order valence-electron chi connectivity index (χ4n) is 2.61. The van der Waals surface area contributed by atoms with Gasteiger partial charge in [-0.25, -0.2) is 13.8 Å². The van der Waals surface area contributed by atoms with E-state index < -0.39 is 11.3 Å². The molecule has 3 N–H and O–H groups in total. The zero-order chi connectivity index (χ0) is 21.2. The van der Waals surface area contributed by atoms with Crippen LogP contribution in [0, 0.1) is 0 Å². The van der Waals surface area contributed by atoms with Gasteiger partial charge < -0.3 is 15.6 Å². The topological polar surface area (TPSA) is 94.0 Å². The van der Waals surface area contributed by atoms with Crippen molar-refractivity contribution in [1.82, 2.24) is 10.1 Å². The maximum Gasteiger partial charge on any atom is 0.257 e. The molecular weight excluding hydrogens is 378 g/mol. The van der Waals surface area contributed by atoms with Crippen molar-refractivity contribution in [2.24, 2.45) is 0 Å². The van der Waals surface area contributed by atoms with E-state index in [0.29, 0.717) is 5.82 Å². The SMILES string of the molecule is CC(F)(F)C(C)(C)c1cc(NC(=O)Cc2ccc(-c3ccc(N)nc3)cc2)no1. The Balaban J connectivity index is 1.63. The number of rotatable bonds is 6. The van der Waals surface area contributed by atoms with Crippen LogP contribution in [0.25, 0.3) is 11.1 Å². The lowest BCUT2D eigenvalue weighted by Gasteiger charge is -2.28. The molecule has 1 amide bonds. The van der Waals surface area contributed by atoms with Crippen LogP contribution in [0.1, 0.15) is 32.1 Å². The van der Waals surface area contributed by atoms with Crippen molar-refractivity contribution in [1.29, 1.82) is 0 Å². The van der Waals surface area contributed by atoms with Gasteiger partial charge in [-0.05, 0) is 37.1 Å². The van der Waals surface area contributed by atoms with Gasteiger partial charge >= 0.3 is 0 Å². The number of nitrogens with one attached hydrogen (secondary N) is 1. The first-order valence-corrected chi connectivity index (χ1v) is 9.02. The Morgan fingerprint density at radius 1 is 1.10 bits per heavy atom. The largest absolute Gasteiger partial charge is 0.384 e. The van der Waals surface area contributed by atoms with Crippen molar-refractivity contribution in [2.45, 2.75) is 38.5 Å². The van der Waals surface area contributed by atoms with Gasteiger partial charge in [-0.3, -0.25) is 4.79 Å². The highest BCUT2D eigenvalue weighted by molar-refractivity contribution is 5.91. The van der Waals surface area contributed by atoms with Gasteiger partial charge in [0.15, 0.2) is 11.6 Å². The number of halogens is 2. The number of hydrogen-bond donors (Lipinski definition) is 2. The van der Waals surface area contributed by atoms with Crippen LogP contribution in [0.4, 0.5) is 20.4 Å². The molecule has 3 rings (SSSR count). The third-order valence-electron chi connectivity index (χ3n) is 4.93. The molecule has 1 aromatic carbocycles. The summed E-state index contributed by atoms with van der Waals surface area (Å²) >= 11 is 0. The third-order valence-corrected chi connectivity index (χ3v) is 4.93.